The van der Waals surface area contributed by atoms with E-state index in [1.54, 1.807) is 0 Å². The number of anilines is 1. The van der Waals surface area contributed by atoms with Gasteiger partial charge >= 0.3 is 0 Å². The molecule has 7 heteroatoms. The summed E-state index contributed by atoms with van der Waals surface area (Å²) >= 11 is 0. The first-order valence-electron chi connectivity index (χ1n) is 10.1. The van der Waals surface area contributed by atoms with Crippen molar-refractivity contribution in [3.8, 4) is 5.75 Å². The van der Waals surface area contributed by atoms with Crippen molar-refractivity contribution in [2.45, 2.75) is 13.3 Å². The molecule has 3 aromatic carbocycles. The minimum absolute atomic E-state index is 0.643. The van der Waals surface area contributed by atoms with E-state index < -0.39 is 0 Å². The second-order valence-electron chi connectivity index (χ2n) is 7.26. The first-order chi connectivity index (χ1) is 15.1. The zero-order valence-corrected chi connectivity index (χ0v) is 17.9. The third-order valence-electron chi connectivity index (χ3n) is 4.74. The third kappa shape index (κ3) is 5.19. The van der Waals surface area contributed by atoms with Gasteiger partial charge in [0.1, 0.15) is 5.75 Å². The normalized spacial score (nSPS) is 12.9. The molecular weight excluding hydrogens is 388 g/mol. The van der Waals surface area contributed by atoms with E-state index in [0.717, 1.165) is 39.7 Å². The van der Waals surface area contributed by atoms with Gasteiger partial charge in [0, 0.05) is 26.2 Å². The monoisotopic (exact) mass is 412 g/mol. The molecule has 4 rings (SSSR count). The number of azo groups is 2. The number of aliphatic imine (C=N–C) groups is 1. The Kier molecular flexibility index (Phi) is 6.12. The highest BCUT2D eigenvalue weighted by atomic mass is 16.5. The maximum absolute atomic E-state index is 5.55. The van der Waals surface area contributed by atoms with E-state index in [1.165, 1.54) is 0 Å². The summed E-state index contributed by atoms with van der Waals surface area (Å²) in [6.07, 6.45) is 0.651. The molecule has 0 N–H and O–H groups in total. The Bertz CT molecular complexity index is 1130. The molecule has 0 aliphatic carbocycles. The van der Waals surface area contributed by atoms with Crippen LogP contribution in [0.2, 0.25) is 0 Å². The maximum atomic E-state index is 5.55. The highest BCUT2D eigenvalue weighted by Crippen LogP contribution is 2.31. The van der Waals surface area contributed by atoms with Gasteiger partial charge < -0.3 is 9.64 Å². The van der Waals surface area contributed by atoms with Crippen LogP contribution in [0.5, 0.6) is 5.75 Å². The van der Waals surface area contributed by atoms with Gasteiger partial charge in [-0.3, -0.25) is 0 Å². The Morgan fingerprint density at radius 1 is 0.806 bits per heavy atom. The molecule has 0 radical (unpaired) electrons. The van der Waals surface area contributed by atoms with Crippen LogP contribution in [0.3, 0.4) is 0 Å². The zero-order chi connectivity index (χ0) is 21.6. The van der Waals surface area contributed by atoms with Crippen LogP contribution in [0.15, 0.2) is 92.2 Å². The molecule has 0 atom stereocenters. The molecule has 0 spiro atoms. The first-order valence-corrected chi connectivity index (χ1v) is 10.1. The molecule has 0 fully saturated rings. The van der Waals surface area contributed by atoms with E-state index in [0.29, 0.717) is 18.9 Å². The standard InChI is InChI=1S/C24H24N6O/c1-4-31-22-13-14-23-17(15-22)16-24(25-23)29-28-19-7-5-18(6-8-19)26-27-20-9-11-21(12-10-20)30(2)3/h5-15H,4,16H2,1-3H3. The zero-order valence-electron chi connectivity index (χ0n) is 17.9. The first kappa shape index (κ1) is 20.4. The Labute approximate surface area is 181 Å². The number of hydrogen-bond donors (Lipinski definition) is 0. The molecular formula is C24H24N6O. The Balaban J connectivity index is 1.37. The molecule has 0 amide bonds. The SMILES string of the molecule is CCOc1ccc2c(c1)CC(N=Nc1ccc(N=Nc3ccc(N(C)C)cc3)cc1)=N2. The largest absolute Gasteiger partial charge is 0.494 e. The van der Waals surface area contributed by atoms with Gasteiger partial charge in [0.25, 0.3) is 0 Å². The average Bonchev–Trinajstić information content (AvgIpc) is 3.20. The van der Waals surface area contributed by atoms with Crippen LogP contribution in [0.1, 0.15) is 12.5 Å². The average molecular weight is 412 g/mol. The molecule has 0 bridgehead atoms. The van der Waals surface area contributed by atoms with Gasteiger partial charge in [0.2, 0.25) is 0 Å². The van der Waals surface area contributed by atoms with Crippen LogP contribution in [0.25, 0.3) is 0 Å². The van der Waals surface area contributed by atoms with E-state index in [-0.39, 0.29) is 0 Å². The summed E-state index contributed by atoms with van der Waals surface area (Å²) in [7, 11) is 4.01. The van der Waals surface area contributed by atoms with Crippen molar-refractivity contribution in [3.05, 3.63) is 72.3 Å². The minimum atomic E-state index is 0.643. The van der Waals surface area contributed by atoms with Crippen molar-refractivity contribution in [3.63, 3.8) is 0 Å². The van der Waals surface area contributed by atoms with Crippen LogP contribution in [-0.4, -0.2) is 26.5 Å². The molecule has 156 valence electrons. The molecule has 1 aliphatic heterocycles. The minimum Gasteiger partial charge on any atom is -0.494 e. The number of ether oxygens (including phenoxy) is 1. The van der Waals surface area contributed by atoms with Gasteiger partial charge in [-0.1, -0.05) is 0 Å². The van der Waals surface area contributed by atoms with Crippen molar-refractivity contribution in [2.24, 2.45) is 25.4 Å². The van der Waals surface area contributed by atoms with Crippen LogP contribution in [-0.2, 0) is 6.42 Å². The van der Waals surface area contributed by atoms with Crippen LogP contribution >= 0.6 is 0 Å². The van der Waals surface area contributed by atoms with Crippen LogP contribution in [0.4, 0.5) is 28.4 Å². The summed E-state index contributed by atoms with van der Waals surface area (Å²) in [4.78, 5) is 6.57. The quantitative estimate of drug-likeness (QED) is 0.411. The summed E-state index contributed by atoms with van der Waals surface area (Å²) < 4.78 is 5.55. The van der Waals surface area contributed by atoms with E-state index in [4.69, 9.17) is 4.74 Å². The van der Waals surface area contributed by atoms with Gasteiger partial charge in [-0.25, -0.2) is 4.99 Å². The Morgan fingerprint density at radius 3 is 1.97 bits per heavy atom. The van der Waals surface area contributed by atoms with E-state index in [9.17, 15) is 0 Å². The number of benzene rings is 3. The maximum Gasteiger partial charge on any atom is 0.156 e. The van der Waals surface area contributed by atoms with Crippen molar-refractivity contribution in [1.82, 2.24) is 0 Å². The number of fused-ring (bicyclic) bond motifs is 1. The fraction of sp³-hybridized carbons (Fsp3) is 0.208. The van der Waals surface area contributed by atoms with E-state index in [2.05, 4.69) is 25.4 Å². The molecule has 31 heavy (non-hydrogen) atoms. The lowest BCUT2D eigenvalue weighted by Gasteiger charge is -2.11. The van der Waals surface area contributed by atoms with E-state index in [1.807, 2.05) is 92.6 Å². The summed E-state index contributed by atoms with van der Waals surface area (Å²) in [5.74, 6) is 1.54. The smallest absolute Gasteiger partial charge is 0.156 e. The van der Waals surface area contributed by atoms with E-state index >= 15 is 0 Å². The lowest BCUT2D eigenvalue weighted by molar-refractivity contribution is 0.340. The van der Waals surface area contributed by atoms with Crippen molar-refractivity contribution >= 4 is 34.3 Å². The fourth-order valence-corrected chi connectivity index (χ4v) is 3.11. The second-order valence-corrected chi connectivity index (χ2v) is 7.26. The third-order valence-corrected chi connectivity index (χ3v) is 4.74. The highest BCUT2D eigenvalue weighted by Gasteiger charge is 2.15. The van der Waals surface area contributed by atoms with Gasteiger partial charge in [-0.05, 0) is 79.2 Å². The van der Waals surface area contributed by atoms with Gasteiger partial charge in [-0.2, -0.15) is 10.2 Å². The Morgan fingerprint density at radius 2 is 1.39 bits per heavy atom. The molecule has 7 nitrogen and oxygen atoms in total. The molecule has 1 heterocycles. The van der Waals surface area contributed by atoms with Gasteiger partial charge in [-0.15, -0.1) is 10.2 Å². The fourth-order valence-electron chi connectivity index (χ4n) is 3.11. The van der Waals surface area contributed by atoms with Crippen LogP contribution in [0, 0.1) is 0 Å². The lowest BCUT2D eigenvalue weighted by atomic mass is 10.1. The number of amidine groups is 1. The second kappa shape index (κ2) is 9.30. The Hall–Kier alpha value is -3.87. The molecule has 0 unspecified atom stereocenters. The molecule has 0 aromatic heterocycles. The predicted molar refractivity (Wildman–Crippen MR) is 124 cm³/mol. The topological polar surface area (TPSA) is 74.3 Å². The van der Waals surface area contributed by atoms with Crippen molar-refractivity contribution in [1.29, 1.82) is 0 Å². The number of hydrogen-bond acceptors (Lipinski definition) is 7. The lowest BCUT2D eigenvalue weighted by Crippen LogP contribution is -2.07. The molecule has 0 saturated carbocycles. The summed E-state index contributed by atoms with van der Waals surface area (Å²) in [6, 6.07) is 21.3. The van der Waals surface area contributed by atoms with Gasteiger partial charge in [0.15, 0.2) is 5.84 Å². The predicted octanol–water partition coefficient (Wildman–Crippen LogP) is 6.94. The van der Waals surface area contributed by atoms with Crippen molar-refractivity contribution in [2.75, 3.05) is 25.6 Å². The summed E-state index contributed by atoms with van der Waals surface area (Å²) in [5, 5.41) is 17.2. The molecule has 0 saturated heterocycles. The molecule has 1 aliphatic rings. The number of nitrogens with zero attached hydrogens (tertiary/aromatic N) is 6. The summed E-state index contributed by atoms with van der Waals surface area (Å²) in [6.45, 7) is 2.61. The number of rotatable bonds is 6. The summed E-state index contributed by atoms with van der Waals surface area (Å²) in [5.41, 5.74) is 5.45. The highest BCUT2D eigenvalue weighted by molar-refractivity contribution is 5.92. The molecule has 3 aromatic rings. The van der Waals surface area contributed by atoms with Crippen LogP contribution < -0.4 is 9.64 Å². The van der Waals surface area contributed by atoms with Crippen molar-refractivity contribution < 1.29 is 4.74 Å². The van der Waals surface area contributed by atoms with Gasteiger partial charge in [0.05, 0.1) is 29.4 Å².